The minimum Gasteiger partial charge on any atom is -0.501 e. The van der Waals surface area contributed by atoms with Gasteiger partial charge >= 0.3 is 0 Å². The van der Waals surface area contributed by atoms with Crippen LogP contribution >= 0.6 is 11.3 Å². The van der Waals surface area contributed by atoms with Gasteiger partial charge in [-0.1, -0.05) is 60.3 Å². The van der Waals surface area contributed by atoms with E-state index in [4.69, 9.17) is 22.0 Å². The number of furan rings is 2. The maximum atomic E-state index is 7.28. The summed E-state index contributed by atoms with van der Waals surface area (Å²) in [6.45, 7) is -4.34. The van der Waals surface area contributed by atoms with Crippen LogP contribution in [0, 0.1) is 25.8 Å². The number of benzene rings is 4. The Kier molecular flexibility index (Phi) is 5.38. The Bertz CT molecular complexity index is 2250. The number of rotatable bonds is 2. The van der Waals surface area contributed by atoms with Gasteiger partial charge in [0.25, 0.3) is 0 Å². The second kappa shape index (κ2) is 10.8. The molecule has 8 rings (SSSR count). The predicted octanol–water partition coefficient (Wildman–Crippen LogP) is 9.57. The summed E-state index contributed by atoms with van der Waals surface area (Å²) in [5.74, 6) is 0. The number of aromatic nitrogens is 2. The van der Waals surface area contributed by atoms with Crippen molar-refractivity contribution in [3.8, 4) is 21.8 Å². The first-order chi connectivity index (χ1) is 21.6. The summed E-state index contributed by atoms with van der Waals surface area (Å²) in [4.78, 5) is 8.78. The standard InChI is InChI=1S/C21H10NO2S.C13H12N.Ir/c1-3-10-16-12(6-1)13-8-5-9-15(18(13)23-16)21-22-20-19(25-21)14-7-2-4-11-17(14)24-20;1-10-3-6-12(7-4-10)13-8-5-11(2)9-14-13;/h1-8,10-11H;3-6,8-9H,1-2H3;/q2*-1;/i;1D3,2D3;. The summed E-state index contributed by atoms with van der Waals surface area (Å²) in [6.07, 6.45) is 1.30. The van der Waals surface area contributed by atoms with E-state index in [1.807, 2.05) is 48.5 Å². The summed E-state index contributed by atoms with van der Waals surface area (Å²) in [6, 6.07) is 33.8. The van der Waals surface area contributed by atoms with Crippen LogP contribution in [0.1, 0.15) is 19.4 Å². The molecule has 4 aromatic heterocycles. The Hall–Kier alpha value is -4.09. The molecule has 0 bridgehead atoms. The van der Waals surface area contributed by atoms with Crippen molar-refractivity contribution in [1.29, 1.82) is 0 Å². The third-order valence-electron chi connectivity index (χ3n) is 6.34. The fourth-order valence-corrected chi connectivity index (χ4v) is 5.52. The first kappa shape index (κ1) is 19.9. The van der Waals surface area contributed by atoms with Gasteiger partial charge in [-0.3, -0.25) is 4.98 Å². The number of hydrogen-bond donors (Lipinski definition) is 0. The van der Waals surface area contributed by atoms with E-state index in [1.54, 1.807) is 23.5 Å². The number of para-hydroxylation sites is 2. The maximum absolute atomic E-state index is 7.28. The molecule has 0 aliphatic heterocycles. The summed E-state index contributed by atoms with van der Waals surface area (Å²) in [5.41, 5.74) is 5.67. The minimum absolute atomic E-state index is 0. The van der Waals surface area contributed by atoms with E-state index in [0.29, 0.717) is 17.0 Å². The summed E-state index contributed by atoms with van der Waals surface area (Å²) >= 11 is 1.62. The van der Waals surface area contributed by atoms with Crippen LogP contribution in [-0.2, 0) is 20.1 Å². The molecule has 0 fully saturated rings. The quantitative estimate of drug-likeness (QED) is 0.167. The average molecular weight is 721 g/mol. The van der Waals surface area contributed by atoms with Crippen LogP contribution in [0.5, 0.6) is 0 Å². The topological polar surface area (TPSA) is 52.1 Å². The van der Waals surface area contributed by atoms with Gasteiger partial charge in [-0.15, -0.1) is 53.6 Å². The number of nitrogens with zero attached hydrogens (tertiary/aromatic N) is 2. The summed E-state index contributed by atoms with van der Waals surface area (Å²) < 4.78 is 56.7. The number of hydrogen-bond acceptors (Lipinski definition) is 5. The zero-order chi connectivity index (χ0) is 31.3. The molecule has 0 spiro atoms. The third-order valence-corrected chi connectivity index (χ3v) is 7.43. The van der Waals surface area contributed by atoms with Gasteiger partial charge in [0.05, 0.1) is 10.3 Å². The molecule has 0 saturated carbocycles. The fraction of sp³-hybridized carbons (Fsp3) is 0.0588. The SMILES string of the molecule is [2H]C([2H])([2H])c1c[c-]c(-c2ccc(C([2H])([2H])[2H])cn2)cc1.[Ir].[c-]1ccc2c(oc3ccccc32)c1-c1nc2oc3ccccc3c2s1. The normalized spacial score (nSPS) is 13.9. The second-order valence-electron chi connectivity index (χ2n) is 8.87. The molecule has 8 aromatic rings. The number of thiazole rings is 1. The van der Waals surface area contributed by atoms with Gasteiger partial charge in [-0.05, 0) is 36.3 Å². The van der Waals surface area contributed by atoms with E-state index < -0.39 is 13.7 Å². The molecule has 4 heterocycles. The maximum Gasteiger partial charge on any atom is 0.228 e. The van der Waals surface area contributed by atoms with E-state index in [0.717, 1.165) is 48.2 Å². The molecule has 0 unspecified atom stereocenters. The molecular formula is C34H22IrN2O2S-2. The Morgan fingerprint density at radius 3 is 2.30 bits per heavy atom. The Balaban J connectivity index is 0.000000163. The predicted molar refractivity (Wildman–Crippen MR) is 159 cm³/mol. The Labute approximate surface area is 257 Å². The Morgan fingerprint density at radius 2 is 1.55 bits per heavy atom. The van der Waals surface area contributed by atoms with Crippen LogP contribution in [0.25, 0.3) is 65.1 Å². The first-order valence-corrected chi connectivity index (χ1v) is 13.0. The van der Waals surface area contributed by atoms with Gasteiger partial charge in [0.15, 0.2) is 0 Å². The number of fused-ring (bicyclic) bond motifs is 6. The molecule has 0 aliphatic carbocycles. The molecule has 197 valence electrons. The van der Waals surface area contributed by atoms with E-state index in [1.165, 1.54) is 24.4 Å². The van der Waals surface area contributed by atoms with E-state index in [2.05, 4.69) is 29.2 Å². The molecule has 4 nitrogen and oxygen atoms in total. The largest absolute Gasteiger partial charge is 0.501 e. The molecule has 0 amide bonds. The van der Waals surface area contributed by atoms with E-state index in [9.17, 15) is 0 Å². The second-order valence-corrected chi connectivity index (χ2v) is 9.87. The van der Waals surface area contributed by atoms with Crippen molar-refractivity contribution in [2.75, 3.05) is 0 Å². The van der Waals surface area contributed by atoms with Gasteiger partial charge in [0.1, 0.15) is 11.2 Å². The number of pyridine rings is 1. The first-order valence-electron chi connectivity index (χ1n) is 15.2. The molecular weight excluding hydrogens is 693 g/mol. The molecule has 4 aromatic carbocycles. The fourth-order valence-electron chi connectivity index (χ4n) is 4.49. The Morgan fingerprint density at radius 1 is 0.775 bits per heavy atom. The molecule has 0 aliphatic rings. The van der Waals surface area contributed by atoms with E-state index in [-0.39, 0.29) is 31.2 Å². The zero-order valence-corrected chi connectivity index (χ0v) is 23.9. The van der Waals surface area contributed by atoms with Crippen molar-refractivity contribution >= 4 is 54.7 Å². The van der Waals surface area contributed by atoms with Gasteiger partial charge in [0, 0.05) is 50.3 Å². The summed E-state index contributed by atoms with van der Waals surface area (Å²) in [7, 11) is 0. The molecule has 1 radical (unpaired) electrons. The van der Waals surface area contributed by atoms with Gasteiger partial charge in [-0.2, -0.15) is 11.3 Å². The van der Waals surface area contributed by atoms with Gasteiger partial charge in [0.2, 0.25) is 5.71 Å². The molecule has 0 N–H and O–H groups in total. The van der Waals surface area contributed by atoms with Crippen molar-refractivity contribution in [2.24, 2.45) is 0 Å². The van der Waals surface area contributed by atoms with E-state index >= 15 is 0 Å². The van der Waals surface area contributed by atoms with Crippen molar-refractivity contribution in [2.45, 2.75) is 13.7 Å². The van der Waals surface area contributed by atoms with Crippen LogP contribution in [0.4, 0.5) is 0 Å². The van der Waals surface area contributed by atoms with Crippen molar-refractivity contribution in [3.63, 3.8) is 0 Å². The van der Waals surface area contributed by atoms with Crippen LogP contribution in [0.15, 0.2) is 106 Å². The van der Waals surface area contributed by atoms with Gasteiger partial charge < -0.3 is 13.8 Å². The third kappa shape index (κ3) is 4.75. The monoisotopic (exact) mass is 721 g/mol. The van der Waals surface area contributed by atoms with Crippen molar-refractivity contribution in [1.82, 2.24) is 9.97 Å². The van der Waals surface area contributed by atoms with Crippen LogP contribution in [-0.4, -0.2) is 9.97 Å². The summed E-state index contributed by atoms with van der Waals surface area (Å²) in [5, 5.41) is 4.15. The molecule has 0 atom stereocenters. The minimum atomic E-state index is -2.18. The van der Waals surface area contributed by atoms with Gasteiger partial charge in [-0.25, -0.2) is 0 Å². The van der Waals surface area contributed by atoms with Crippen LogP contribution < -0.4 is 0 Å². The van der Waals surface area contributed by atoms with Crippen molar-refractivity contribution in [3.05, 3.63) is 120 Å². The zero-order valence-electron chi connectivity index (χ0n) is 26.7. The molecule has 6 heteroatoms. The number of aryl methyl sites for hydroxylation is 2. The van der Waals surface area contributed by atoms with Crippen LogP contribution in [0.2, 0.25) is 0 Å². The average Bonchev–Trinajstić information content (AvgIpc) is 3.72. The molecule has 0 saturated heterocycles. The molecule has 40 heavy (non-hydrogen) atoms. The van der Waals surface area contributed by atoms with Crippen LogP contribution in [0.3, 0.4) is 0 Å². The smallest absolute Gasteiger partial charge is 0.228 e. The van der Waals surface area contributed by atoms with Crippen molar-refractivity contribution < 1.29 is 37.2 Å².